The summed E-state index contributed by atoms with van der Waals surface area (Å²) >= 11 is 6.37. The van der Waals surface area contributed by atoms with Crippen LogP contribution in [0.1, 0.15) is 25.3 Å². The molecule has 2 aromatic rings. The van der Waals surface area contributed by atoms with Gasteiger partial charge in [0.15, 0.2) is 0 Å². The predicted molar refractivity (Wildman–Crippen MR) is 95.9 cm³/mol. The lowest BCUT2D eigenvalue weighted by molar-refractivity contribution is 0.115. The maximum absolute atomic E-state index is 12.6. The Kier molecular flexibility index (Phi) is 5.53. The van der Waals surface area contributed by atoms with Crippen molar-refractivity contribution >= 4 is 17.3 Å². The summed E-state index contributed by atoms with van der Waals surface area (Å²) in [5.41, 5.74) is 1.44. The Morgan fingerprint density at radius 1 is 1.38 bits per heavy atom. The molecule has 1 aromatic heterocycles. The Morgan fingerprint density at radius 2 is 2.17 bits per heavy atom. The van der Waals surface area contributed by atoms with Gasteiger partial charge in [0.05, 0.1) is 24.5 Å². The molecule has 0 N–H and O–H groups in total. The zero-order chi connectivity index (χ0) is 16.9. The van der Waals surface area contributed by atoms with Crippen molar-refractivity contribution in [1.82, 2.24) is 9.78 Å². The van der Waals surface area contributed by atoms with Crippen molar-refractivity contribution in [3.8, 4) is 0 Å². The first-order valence-electron chi connectivity index (χ1n) is 8.35. The molecule has 128 valence electrons. The molecule has 6 heteroatoms. The Morgan fingerprint density at radius 3 is 2.83 bits per heavy atom. The summed E-state index contributed by atoms with van der Waals surface area (Å²) in [6.07, 6.45) is 4.03. The van der Waals surface area contributed by atoms with E-state index in [4.69, 9.17) is 16.3 Å². The molecule has 24 heavy (non-hydrogen) atoms. The number of halogens is 1. The van der Waals surface area contributed by atoms with Crippen molar-refractivity contribution < 1.29 is 4.74 Å². The van der Waals surface area contributed by atoms with Gasteiger partial charge in [0.1, 0.15) is 5.02 Å². The van der Waals surface area contributed by atoms with E-state index in [2.05, 4.69) is 10.00 Å². The first kappa shape index (κ1) is 17.0. The van der Waals surface area contributed by atoms with Gasteiger partial charge < -0.3 is 9.64 Å². The fourth-order valence-corrected chi connectivity index (χ4v) is 3.24. The summed E-state index contributed by atoms with van der Waals surface area (Å²) in [6.45, 7) is 4.76. The number of hydrogen-bond donors (Lipinski definition) is 0. The second kappa shape index (κ2) is 7.81. The van der Waals surface area contributed by atoms with Crippen molar-refractivity contribution in [3.63, 3.8) is 0 Å². The van der Waals surface area contributed by atoms with Crippen LogP contribution in [0.5, 0.6) is 0 Å². The molecular formula is C18H22ClN3O2. The third kappa shape index (κ3) is 3.79. The molecule has 5 nitrogen and oxygen atoms in total. The second-order valence-electron chi connectivity index (χ2n) is 5.97. The molecule has 0 saturated carbocycles. The molecule has 1 unspecified atom stereocenters. The third-order valence-electron chi connectivity index (χ3n) is 4.31. The Balaban J connectivity index is 1.81. The van der Waals surface area contributed by atoms with Gasteiger partial charge in [0.25, 0.3) is 5.56 Å². The zero-order valence-corrected chi connectivity index (χ0v) is 14.6. The largest absolute Gasteiger partial charge is 0.376 e. The number of likely N-dealkylation sites (N-methyl/N-ethyl adjacent to an activating group) is 1. The normalized spacial score (nSPS) is 17.2. The van der Waals surface area contributed by atoms with Crippen LogP contribution in [0, 0.1) is 0 Å². The lowest BCUT2D eigenvalue weighted by Gasteiger charge is -2.26. The van der Waals surface area contributed by atoms with E-state index in [1.165, 1.54) is 4.68 Å². The summed E-state index contributed by atoms with van der Waals surface area (Å²) in [5.74, 6) is 0. The van der Waals surface area contributed by atoms with Crippen LogP contribution in [0.3, 0.4) is 0 Å². The van der Waals surface area contributed by atoms with E-state index in [1.807, 2.05) is 37.3 Å². The highest BCUT2D eigenvalue weighted by Gasteiger charge is 2.21. The van der Waals surface area contributed by atoms with Crippen LogP contribution in [0.2, 0.25) is 5.02 Å². The Bertz CT molecular complexity index is 727. The lowest BCUT2D eigenvalue weighted by atomic mass is 10.2. The van der Waals surface area contributed by atoms with E-state index in [-0.39, 0.29) is 16.7 Å². The van der Waals surface area contributed by atoms with E-state index in [0.717, 1.165) is 38.1 Å². The standard InChI is InChI=1S/C18H22ClN3O2/c1-2-21(13-15-9-6-10-24-15)16-11-20-22(18(23)17(16)19)12-14-7-4-3-5-8-14/h3-5,7-8,11,15H,2,6,9-10,12-13H2,1H3. The minimum atomic E-state index is -0.260. The number of rotatable bonds is 6. The lowest BCUT2D eigenvalue weighted by Crippen LogP contribution is -2.34. The Hall–Kier alpha value is -1.85. The van der Waals surface area contributed by atoms with Crippen LogP contribution >= 0.6 is 11.6 Å². The molecule has 1 saturated heterocycles. The smallest absolute Gasteiger partial charge is 0.287 e. The van der Waals surface area contributed by atoms with Gasteiger partial charge in [-0.2, -0.15) is 5.10 Å². The summed E-state index contributed by atoms with van der Waals surface area (Å²) in [4.78, 5) is 14.6. The van der Waals surface area contributed by atoms with Gasteiger partial charge in [-0.05, 0) is 25.3 Å². The maximum atomic E-state index is 12.6. The van der Waals surface area contributed by atoms with Gasteiger partial charge in [0.2, 0.25) is 0 Å². The second-order valence-corrected chi connectivity index (χ2v) is 6.34. The number of ether oxygens (including phenoxy) is 1. The molecule has 1 aliphatic heterocycles. The Labute approximate surface area is 146 Å². The minimum Gasteiger partial charge on any atom is -0.376 e. The molecule has 1 fully saturated rings. The summed E-state index contributed by atoms with van der Waals surface area (Å²) in [6, 6.07) is 9.75. The molecule has 0 aliphatic carbocycles. The van der Waals surface area contributed by atoms with Crippen LogP contribution in [0.25, 0.3) is 0 Å². The average molecular weight is 348 g/mol. The van der Waals surface area contributed by atoms with Crippen molar-refractivity contribution in [1.29, 1.82) is 0 Å². The monoisotopic (exact) mass is 347 g/mol. The number of anilines is 1. The summed E-state index contributed by atoms with van der Waals surface area (Å²) in [5, 5.41) is 4.54. The predicted octanol–water partition coefficient (Wildman–Crippen LogP) is 2.95. The molecule has 0 bridgehead atoms. The van der Waals surface area contributed by atoms with Crippen molar-refractivity contribution in [2.24, 2.45) is 0 Å². The molecule has 1 aliphatic rings. The highest BCUT2D eigenvalue weighted by atomic mass is 35.5. The molecule has 0 amide bonds. The van der Waals surface area contributed by atoms with Crippen LogP contribution in [-0.4, -0.2) is 35.6 Å². The molecule has 0 radical (unpaired) electrons. The van der Waals surface area contributed by atoms with Crippen LogP contribution in [0.15, 0.2) is 41.3 Å². The first-order valence-corrected chi connectivity index (χ1v) is 8.73. The maximum Gasteiger partial charge on any atom is 0.287 e. The first-order chi connectivity index (χ1) is 11.7. The average Bonchev–Trinajstić information content (AvgIpc) is 3.12. The van der Waals surface area contributed by atoms with Crippen molar-refractivity contribution in [2.75, 3.05) is 24.6 Å². The highest BCUT2D eigenvalue weighted by Crippen LogP contribution is 2.23. The van der Waals surface area contributed by atoms with E-state index in [0.29, 0.717) is 12.2 Å². The molecule has 0 spiro atoms. The highest BCUT2D eigenvalue weighted by molar-refractivity contribution is 6.33. The molecule has 3 rings (SSSR count). The van der Waals surface area contributed by atoms with Crippen molar-refractivity contribution in [3.05, 3.63) is 57.5 Å². The fraction of sp³-hybridized carbons (Fsp3) is 0.444. The van der Waals surface area contributed by atoms with Crippen LogP contribution < -0.4 is 10.5 Å². The van der Waals surface area contributed by atoms with Gasteiger partial charge in [-0.25, -0.2) is 4.68 Å². The number of hydrogen-bond acceptors (Lipinski definition) is 4. The summed E-state index contributed by atoms with van der Waals surface area (Å²) in [7, 11) is 0. The van der Waals surface area contributed by atoms with Crippen LogP contribution in [0.4, 0.5) is 5.69 Å². The van der Waals surface area contributed by atoms with Crippen molar-refractivity contribution in [2.45, 2.75) is 32.4 Å². The van der Waals surface area contributed by atoms with Crippen LogP contribution in [-0.2, 0) is 11.3 Å². The van der Waals surface area contributed by atoms with E-state index < -0.39 is 0 Å². The van der Waals surface area contributed by atoms with E-state index in [1.54, 1.807) is 6.20 Å². The molecule has 1 atom stereocenters. The number of nitrogens with zero attached hydrogens (tertiary/aromatic N) is 3. The molecular weight excluding hydrogens is 326 g/mol. The topological polar surface area (TPSA) is 47.4 Å². The molecule has 2 heterocycles. The van der Waals surface area contributed by atoms with Gasteiger partial charge >= 0.3 is 0 Å². The van der Waals surface area contributed by atoms with E-state index in [9.17, 15) is 4.79 Å². The van der Waals surface area contributed by atoms with Gasteiger partial charge in [-0.1, -0.05) is 41.9 Å². The zero-order valence-electron chi connectivity index (χ0n) is 13.8. The number of benzene rings is 1. The third-order valence-corrected chi connectivity index (χ3v) is 4.67. The fourth-order valence-electron chi connectivity index (χ4n) is 2.98. The van der Waals surface area contributed by atoms with Gasteiger partial charge in [-0.15, -0.1) is 0 Å². The van der Waals surface area contributed by atoms with Gasteiger partial charge in [0, 0.05) is 19.7 Å². The SMILES string of the molecule is CCN(CC1CCCO1)c1cnn(Cc2ccccc2)c(=O)c1Cl. The number of aromatic nitrogens is 2. The quantitative estimate of drug-likeness (QED) is 0.806. The summed E-state index contributed by atoms with van der Waals surface area (Å²) < 4.78 is 7.09. The van der Waals surface area contributed by atoms with Gasteiger partial charge in [-0.3, -0.25) is 4.79 Å². The minimum absolute atomic E-state index is 0.202. The van der Waals surface area contributed by atoms with E-state index >= 15 is 0 Å². The molecule has 1 aromatic carbocycles.